The van der Waals surface area contributed by atoms with Crippen molar-refractivity contribution in [2.45, 2.75) is 39.5 Å². The number of nitrogens with one attached hydrogen (secondary N) is 1. The van der Waals surface area contributed by atoms with Gasteiger partial charge in [-0.1, -0.05) is 33.8 Å². The number of phenols is 1. The number of rotatable bonds is 7. The lowest BCUT2D eigenvalue weighted by atomic mass is 9.92. The number of nitrogens with two attached hydrogens (primary N) is 1. The topological polar surface area (TPSA) is 119 Å². The minimum absolute atomic E-state index is 0.0135. The van der Waals surface area contributed by atoms with Crippen molar-refractivity contribution in [1.29, 1.82) is 0 Å². The number of thiophene rings is 1. The van der Waals surface area contributed by atoms with Gasteiger partial charge in [-0.2, -0.15) is 0 Å². The van der Waals surface area contributed by atoms with E-state index in [4.69, 9.17) is 10.5 Å². The van der Waals surface area contributed by atoms with E-state index in [1.54, 1.807) is 11.4 Å². The Morgan fingerprint density at radius 1 is 1.14 bits per heavy atom. The van der Waals surface area contributed by atoms with Gasteiger partial charge in [-0.25, -0.2) is 4.79 Å². The first-order valence-corrected chi connectivity index (χ1v) is 9.70. The summed E-state index contributed by atoms with van der Waals surface area (Å²) in [6.07, 6.45) is 0. The Morgan fingerprint density at radius 3 is 2.39 bits per heavy atom. The summed E-state index contributed by atoms with van der Waals surface area (Å²) in [6.45, 7) is 7.24. The minimum atomic E-state index is -0.793. The number of hydrogen-bond donors (Lipinski definition) is 3. The molecule has 28 heavy (non-hydrogen) atoms. The van der Waals surface area contributed by atoms with E-state index in [2.05, 4.69) is 5.32 Å². The number of benzene rings is 1. The predicted octanol–water partition coefficient (Wildman–Crippen LogP) is 3.59. The smallest absolute Gasteiger partial charge is 0.342 e. The largest absolute Gasteiger partial charge is 0.507 e. The highest BCUT2D eigenvalue weighted by molar-refractivity contribution is 7.14. The van der Waals surface area contributed by atoms with E-state index in [-0.39, 0.29) is 28.7 Å². The third-order valence-corrected chi connectivity index (χ3v) is 5.02. The molecule has 0 aliphatic rings. The summed E-state index contributed by atoms with van der Waals surface area (Å²) in [6, 6.07) is 4.95. The van der Waals surface area contributed by atoms with Crippen molar-refractivity contribution in [3.63, 3.8) is 0 Å². The number of esters is 1. The SMILES string of the molecule is CC(C)c1cc(C(=O)OCC(=O)Nc2sccc2C(N)=O)c(O)c(C(C)C)c1. The number of primary amides is 1. The molecule has 8 heteroatoms. The first-order chi connectivity index (χ1) is 13.1. The zero-order chi connectivity index (χ0) is 21.0. The minimum Gasteiger partial charge on any atom is -0.507 e. The van der Waals surface area contributed by atoms with Crippen LogP contribution in [-0.2, 0) is 9.53 Å². The fraction of sp³-hybridized carbons (Fsp3) is 0.350. The van der Waals surface area contributed by atoms with Crippen molar-refractivity contribution in [2.75, 3.05) is 11.9 Å². The van der Waals surface area contributed by atoms with Crippen LogP contribution in [0.15, 0.2) is 23.6 Å². The molecule has 2 rings (SSSR count). The molecular weight excluding hydrogens is 380 g/mol. The van der Waals surface area contributed by atoms with Gasteiger partial charge >= 0.3 is 5.97 Å². The number of ether oxygens (including phenoxy) is 1. The van der Waals surface area contributed by atoms with Crippen LogP contribution in [0.4, 0.5) is 5.00 Å². The van der Waals surface area contributed by atoms with Crippen LogP contribution >= 0.6 is 11.3 Å². The van der Waals surface area contributed by atoms with Crippen LogP contribution in [0.3, 0.4) is 0 Å². The van der Waals surface area contributed by atoms with Gasteiger partial charge in [-0.15, -0.1) is 11.3 Å². The maximum atomic E-state index is 12.5. The average molecular weight is 404 g/mol. The summed E-state index contributed by atoms with van der Waals surface area (Å²) >= 11 is 1.14. The molecule has 1 heterocycles. The fourth-order valence-corrected chi connectivity index (χ4v) is 3.39. The molecule has 7 nitrogen and oxygen atoms in total. The van der Waals surface area contributed by atoms with Gasteiger partial charge in [0.2, 0.25) is 0 Å². The number of aromatic hydroxyl groups is 1. The molecule has 2 amide bonds. The third-order valence-electron chi connectivity index (χ3n) is 4.19. The summed E-state index contributed by atoms with van der Waals surface area (Å²) < 4.78 is 5.07. The molecular formula is C20H24N2O5S. The van der Waals surface area contributed by atoms with Crippen molar-refractivity contribution in [3.8, 4) is 5.75 Å². The van der Waals surface area contributed by atoms with Gasteiger partial charge in [0.25, 0.3) is 11.8 Å². The summed E-state index contributed by atoms with van der Waals surface area (Å²) in [4.78, 5) is 35.8. The van der Waals surface area contributed by atoms with Gasteiger partial charge in [0.05, 0.1) is 5.56 Å². The van der Waals surface area contributed by atoms with Gasteiger partial charge < -0.3 is 20.9 Å². The lowest BCUT2D eigenvalue weighted by Gasteiger charge is -2.16. The Hall–Kier alpha value is -2.87. The molecule has 0 fully saturated rings. The number of carbonyl (C=O) groups excluding carboxylic acids is 3. The lowest BCUT2D eigenvalue weighted by molar-refractivity contribution is -0.119. The maximum absolute atomic E-state index is 12.5. The molecule has 0 unspecified atom stereocenters. The van der Waals surface area contributed by atoms with Gasteiger partial charge in [0.15, 0.2) is 6.61 Å². The first-order valence-electron chi connectivity index (χ1n) is 8.82. The van der Waals surface area contributed by atoms with Gasteiger partial charge in [-0.05, 0) is 40.5 Å². The number of amides is 2. The monoisotopic (exact) mass is 404 g/mol. The van der Waals surface area contributed by atoms with Crippen LogP contribution in [0.5, 0.6) is 5.75 Å². The molecule has 0 radical (unpaired) electrons. The average Bonchev–Trinajstić information content (AvgIpc) is 3.07. The zero-order valence-corrected chi connectivity index (χ0v) is 17.1. The first kappa shape index (κ1) is 21.4. The third kappa shape index (κ3) is 4.89. The molecule has 0 aliphatic heterocycles. The molecule has 0 aliphatic carbocycles. The van der Waals surface area contributed by atoms with Crippen molar-refractivity contribution in [2.24, 2.45) is 5.73 Å². The van der Waals surface area contributed by atoms with Gasteiger partial charge in [0, 0.05) is 0 Å². The molecule has 0 spiro atoms. The van der Waals surface area contributed by atoms with Gasteiger partial charge in [-0.3, -0.25) is 9.59 Å². The van der Waals surface area contributed by atoms with E-state index in [0.29, 0.717) is 10.6 Å². The Morgan fingerprint density at radius 2 is 1.82 bits per heavy atom. The van der Waals surface area contributed by atoms with E-state index >= 15 is 0 Å². The Bertz CT molecular complexity index is 902. The van der Waals surface area contributed by atoms with Crippen LogP contribution in [0.2, 0.25) is 0 Å². The Kier molecular flexibility index (Phi) is 6.80. The second-order valence-electron chi connectivity index (χ2n) is 6.97. The Labute approximate surface area is 167 Å². The van der Waals surface area contributed by atoms with Crippen LogP contribution < -0.4 is 11.1 Å². The standard InChI is InChI=1S/C20H24N2O5S/c1-10(2)12-7-14(11(3)4)17(24)15(8-12)20(26)27-9-16(23)22-19-13(18(21)25)5-6-28-19/h5-8,10-11,24H,9H2,1-4H3,(H2,21,25)(H,22,23). The number of carbonyl (C=O) groups is 3. The van der Waals surface area contributed by atoms with Crippen LogP contribution in [0, 0.1) is 0 Å². The van der Waals surface area contributed by atoms with Crippen molar-refractivity contribution >= 4 is 34.1 Å². The van der Waals surface area contributed by atoms with E-state index < -0.39 is 24.4 Å². The summed E-state index contributed by atoms with van der Waals surface area (Å²) in [5.41, 5.74) is 6.98. The van der Waals surface area contributed by atoms with E-state index in [1.165, 1.54) is 6.07 Å². The molecule has 0 saturated heterocycles. The number of hydrogen-bond acceptors (Lipinski definition) is 6. The highest BCUT2D eigenvalue weighted by Crippen LogP contribution is 2.33. The molecule has 150 valence electrons. The molecule has 1 aromatic carbocycles. The molecule has 0 saturated carbocycles. The fourth-order valence-electron chi connectivity index (χ4n) is 2.58. The summed E-state index contributed by atoms with van der Waals surface area (Å²) in [5.74, 6) is -2.04. The van der Waals surface area contributed by atoms with E-state index in [1.807, 2.05) is 33.8 Å². The summed E-state index contributed by atoms with van der Waals surface area (Å²) in [5, 5.41) is 14.9. The van der Waals surface area contributed by atoms with E-state index in [0.717, 1.165) is 16.9 Å². The van der Waals surface area contributed by atoms with Crippen molar-refractivity contribution < 1.29 is 24.2 Å². The quantitative estimate of drug-likeness (QED) is 0.609. The lowest BCUT2D eigenvalue weighted by Crippen LogP contribution is -2.22. The highest BCUT2D eigenvalue weighted by Gasteiger charge is 2.21. The molecule has 2 aromatic rings. The Balaban J connectivity index is 2.13. The molecule has 4 N–H and O–H groups in total. The summed E-state index contributed by atoms with van der Waals surface area (Å²) in [7, 11) is 0. The highest BCUT2D eigenvalue weighted by atomic mass is 32.1. The second kappa shape index (κ2) is 8.88. The molecule has 0 bridgehead atoms. The maximum Gasteiger partial charge on any atom is 0.342 e. The van der Waals surface area contributed by atoms with Crippen LogP contribution in [-0.4, -0.2) is 29.5 Å². The number of anilines is 1. The molecule has 0 atom stereocenters. The van der Waals surface area contributed by atoms with E-state index in [9.17, 15) is 19.5 Å². The zero-order valence-electron chi connectivity index (χ0n) is 16.2. The number of phenolic OH excluding ortho intramolecular Hbond substituents is 1. The second-order valence-corrected chi connectivity index (χ2v) is 7.88. The van der Waals surface area contributed by atoms with Crippen molar-refractivity contribution in [3.05, 3.63) is 45.8 Å². The van der Waals surface area contributed by atoms with Gasteiger partial charge in [0.1, 0.15) is 16.3 Å². The normalized spacial score (nSPS) is 10.9. The predicted molar refractivity (Wildman–Crippen MR) is 108 cm³/mol. The van der Waals surface area contributed by atoms with Crippen LogP contribution in [0.1, 0.15) is 71.4 Å². The van der Waals surface area contributed by atoms with Crippen LogP contribution in [0.25, 0.3) is 0 Å². The molecule has 1 aromatic heterocycles. The van der Waals surface area contributed by atoms with Crippen molar-refractivity contribution in [1.82, 2.24) is 0 Å².